The molecule has 0 atom stereocenters. The third-order valence-corrected chi connectivity index (χ3v) is 3.81. The summed E-state index contributed by atoms with van der Waals surface area (Å²) in [6.45, 7) is 8.36. The molecule has 4 heteroatoms. The van der Waals surface area contributed by atoms with Crippen LogP contribution in [0.1, 0.15) is 28.5 Å². The predicted octanol–water partition coefficient (Wildman–Crippen LogP) is 2.65. The van der Waals surface area contributed by atoms with E-state index in [2.05, 4.69) is 30.7 Å². The SMILES string of the molecule is CCn1c(C)c(C)c2cc(C(=O)NCCOC)ccc21. The molecule has 0 bridgehead atoms. The number of methoxy groups -OCH3 is 1. The fourth-order valence-corrected chi connectivity index (χ4v) is 2.57. The number of rotatable bonds is 5. The molecule has 108 valence electrons. The Morgan fingerprint density at radius 3 is 2.75 bits per heavy atom. The molecule has 1 aromatic carbocycles. The Labute approximate surface area is 119 Å². The van der Waals surface area contributed by atoms with Gasteiger partial charge in [-0.1, -0.05) is 0 Å². The highest BCUT2D eigenvalue weighted by atomic mass is 16.5. The van der Waals surface area contributed by atoms with Gasteiger partial charge in [-0.15, -0.1) is 0 Å². The summed E-state index contributed by atoms with van der Waals surface area (Å²) < 4.78 is 7.21. The number of hydrogen-bond acceptors (Lipinski definition) is 2. The van der Waals surface area contributed by atoms with Gasteiger partial charge in [0.2, 0.25) is 0 Å². The number of fused-ring (bicyclic) bond motifs is 1. The first-order valence-corrected chi connectivity index (χ1v) is 6.96. The zero-order chi connectivity index (χ0) is 14.7. The Balaban J connectivity index is 2.34. The van der Waals surface area contributed by atoms with Crippen molar-refractivity contribution >= 4 is 16.8 Å². The van der Waals surface area contributed by atoms with E-state index in [0.29, 0.717) is 18.7 Å². The summed E-state index contributed by atoms with van der Waals surface area (Å²) in [5.74, 6) is -0.0507. The number of nitrogens with zero attached hydrogens (tertiary/aromatic N) is 1. The highest BCUT2D eigenvalue weighted by Crippen LogP contribution is 2.26. The molecule has 0 fully saturated rings. The summed E-state index contributed by atoms with van der Waals surface area (Å²) in [6, 6.07) is 5.89. The fourth-order valence-electron chi connectivity index (χ4n) is 2.57. The first kappa shape index (κ1) is 14.6. The van der Waals surface area contributed by atoms with Crippen molar-refractivity contribution in [2.24, 2.45) is 0 Å². The molecule has 1 N–H and O–H groups in total. The summed E-state index contributed by atoms with van der Waals surface area (Å²) in [5, 5.41) is 4.00. The molecule has 1 heterocycles. The maximum Gasteiger partial charge on any atom is 0.251 e. The van der Waals surface area contributed by atoms with Gasteiger partial charge in [-0.25, -0.2) is 0 Å². The minimum Gasteiger partial charge on any atom is -0.383 e. The molecule has 2 aromatic rings. The van der Waals surface area contributed by atoms with Crippen molar-refractivity contribution in [1.29, 1.82) is 0 Å². The van der Waals surface area contributed by atoms with E-state index in [-0.39, 0.29) is 5.91 Å². The number of benzene rings is 1. The average Bonchev–Trinajstić information content (AvgIpc) is 2.70. The second-order valence-corrected chi connectivity index (χ2v) is 4.94. The van der Waals surface area contributed by atoms with Gasteiger partial charge < -0.3 is 14.6 Å². The Hall–Kier alpha value is -1.81. The second kappa shape index (κ2) is 6.09. The van der Waals surface area contributed by atoms with Crippen molar-refractivity contribution in [2.75, 3.05) is 20.3 Å². The van der Waals surface area contributed by atoms with Gasteiger partial charge >= 0.3 is 0 Å². The number of aryl methyl sites for hydroxylation is 2. The van der Waals surface area contributed by atoms with Crippen molar-refractivity contribution < 1.29 is 9.53 Å². The van der Waals surface area contributed by atoms with Crippen LogP contribution in [-0.4, -0.2) is 30.7 Å². The molecule has 0 aliphatic rings. The molecule has 1 aromatic heterocycles. The third-order valence-electron chi connectivity index (χ3n) is 3.81. The van der Waals surface area contributed by atoms with E-state index in [4.69, 9.17) is 4.74 Å². The molecular weight excluding hydrogens is 252 g/mol. The smallest absolute Gasteiger partial charge is 0.251 e. The topological polar surface area (TPSA) is 43.3 Å². The Morgan fingerprint density at radius 2 is 2.10 bits per heavy atom. The number of hydrogen-bond donors (Lipinski definition) is 1. The Bertz CT molecular complexity index is 629. The maximum atomic E-state index is 12.1. The molecule has 0 aliphatic carbocycles. The molecule has 0 spiro atoms. The zero-order valence-corrected chi connectivity index (χ0v) is 12.6. The van der Waals surface area contributed by atoms with Gasteiger partial charge in [0, 0.05) is 42.4 Å². The molecule has 0 saturated carbocycles. The van der Waals surface area contributed by atoms with Crippen LogP contribution in [-0.2, 0) is 11.3 Å². The fraction of sp³-hybridized carbons (Fsp3) is 0.438. The van der Waals surface area contributed by atoms with Crippen molar-refractivity contribution in [3.05, 3.63) is 35.0 Å². The van der Waals surface area contributed by atoms with E-state index in [1.165, 1.54) is 16.8 Å². The van der Waals surface area contributed by atoms with E-state index >= 15 is 0 Å². The number of carbonyl (C=O) groups is 1. The normalized spacial score (nSPS) is 11.0. The average molecular weight is 274 g/mol. The van der Waals surface area contributed by atoms with Gasteiger partial charge in [0.15, 0.2) is 0 Å². The summed E-state index contributed by atoms with van der Waals surface area (Å²) in [4.78, 5) is 12.1. The van der Waals surface area contributed by atoms with Gasteiger partial charge in [0.1, 0.15) is 0 Å². The van der Waals surface area contributed by atoms with Crippen LogP contribution in [0.4, 0.5) is 0 Å². The first-order valence-electron chi connectivity index (χ1n) is 6.96. The van der Waals surface area contributed by atoms with Crippen LogP contribution in [0.25, 0.3) is 10.9 Å². The second-order valence-electron chi connectivity index (χ2n) is 4.94. The summed E-state index contributed by atoms with van der Waals surface area (Å²) >= 11 is 0. The molecular formula is C16H22N2O2. The molecule has 4 nitrogen and oxygen atoms in total. The third kappa shape index (κ3) is 2.56. The van der Waals surface area contributed by atoms with Crippen LogP contribution < -0.4 is 5.32 Å². The molecule has 0 saturated heterocycles. The lowest BCUT2D eigenvalue weighted by atomic mass is 10.1. The zero-order valence-electron chi connectivity index (χ0n) is 12.6. The van der Waals surface area contributed by atoms with Crippen molar-refractivity contribution in [1.82, 2.24) is 9.88 Å². The lowest BCUT2D eigenvalue weighted by Gasteiger charge is -2.06. The summed E-state index contributed by atoms with van der Waals surface area (Å²) in [6.07, 6.45) is 0. The number of nitrogens with one attached hydrogen (secondary N) is 1. The van der Waals surface area contributed by atoms with Gasteiger partial charge in [-0.3, -0.25) is 4.79 Å². The molecule has 0 unspecified atom stereocenters. The number of carbonyl (C=O) groups excluding carboxylic acids is 1. The maximum absolute atomic E-state index is 12.1. The quantitative estimate of drug-likeness (QED) is 0.852. The minimum absolute atomic E-state index is 0.0507. The standard InChI is InChI=1S/C16H22N2O2/c1-5-18-12(3)11(2)14-10-13(6-7-15(14)18)16(19)17-8-9-20-4/h6-7,10H,5,8-9H2,1-4H3,(H,17,19). The van der Waals surface area contributed by atoms with E-state index in [1.54, 1.807) is 7.11 Å². The highest BCUT2D eigenvalue weighted by molar-refractivity contribution is 5.99. The van der Waals surface area contributed by atoms with Crippen LogP contribution in [0.15, 0.2) is 18.2 Å². The van der Waals surface area contributed by atoms with E-state index in [9.17, 15) is 4.79 Å². The highest BCUT2D eigenvalue weighted by Gasteiger charge is 2.12. The lowest BCUT2D eigenvalue weighted by molar-refractivity contribution is 0.0937. The molecule has 0 aliphatic heterocycles. The lowest BCUT2D eigenvalue weighted by Crippen LogP contribution is -2.26. The largest absolute Gasteiger partial charge is 0.383 e. The number of aromatic nitrogens is 1. The number of amides is 1. The van der Waals surface area contributed by atoms with E-state index in [1.807, 2.05) is 18.2 Å². The summed E-state index contributed by atoms with van der Waals surface area (Å²) in [5.41, 5.74) is 4.40. The molecule has 2 rings (SSSR count). The van der Waals surface area contributed by atoms with Crippen LogP contribution in [0.2, 0.25) is 0 Å². The molecule has 1 amide bonds. The minimum atomic E-state index is -0.0507. The monoisotopic (exact) mass is 274 g/mol. The number of ether oxygens (including phenoxy) is 1. The van der Waals surface area contributed by atoms with Gasteiger partial charge in [0.25, 0.3) is 5.91 Å². The summed E-state index contributed by atoms with van der Waals surface area (Å²) in [7, 11) is 1.62. The van der Waals surface area contributed by atoms with Crippen molar-refractivity contribution in [2.45, 2.75) is 27.3 Å². The van der Waals surface area contributed by atoms with Gasteiger partial charge in [-0.05, 0) is 44.5 Å². The van der Waals surface area contributed by atoms with Crippen molar-refractivity contribution in [3.8, 4) is 0 Å². The molecule has 0 radical (unpaired) electrons. The van der Waals surface area contributed by atoms with Crippen LogP contribution in [0, 0.1) is 13.8 Å². The van der Waals surface area contributed by atoms with E-state index in [0.717, 1.165) is 11.9 Å². The molecule has 20 heavy (non-hydrogen) atoms. The first-order chi connectivity index (χ1) is 9.60. The van der Waals surface area contributed by atoms with Crippen LogP contribution in [0.3, 0.4) is 0 Å². The van der Waals surface area contributed by atoms with Crippen molar-refractivity contribution in [3.63, 3.8) is 0 Å². The van der Waals surface area contributed by atoms with Crippen LogP contribution >= 0.6 is 0 Å². The Kier molecular flexibility index (Phi) is 4.45. The van der Waals surface area contributed by atoms with Gasteiger partial charge in [0.05, 0.1) is 6.61 Å². The predicted molar refractivity (Wildman–Crippen MR) is 81.3 cm³/mol. The Morgan fingerprint density at radius 1 is 1.35 bits per heavy atom. The van der Waals surface area contributed by atoms with E-state index < -0.39 is 0 Å². The van der Waals surface area contributed by atoms with Crippen LogP contribution in [0.5, 0.6) is 0 Å². The van der Waals surface area contributed by atoms with Gasteiger partial charge in [-0.2, -0.15) is 0 Å².